The molecule has 0 saturated carbocycles. The van der Waals surface area contributed by atoms with Crippen LogP contribution in [0.25, 0.3) is 0 Å². The number of aliphatic hydroxyl groups is 1. The smallest absolute Gasteiger partial charge is 0.261 e. The lowest BCUT2D eigenvalue weighted by atomic mass is 10.2. The molecule has 5 heteroatoms. The number of carbonyl (C=O) groups excluding carboxylic acids is 1. The van der Waals surface area contributed by atoms with E-state index in [1.807, 2.05) is 5.38 Å². The molecule has 0 aromatic carbocycles. The van der Waals surface area contributed by atoms with E-state index in [0.29, 0.717) is 11.4 Å². The predicted molar refractivity (Wildman–Crippen MR) is 78.6 cm³/mol. The molecule has 19 heavy (non-hydrogen) atoms. The summed E-state index contributed by atoms with van der Waals surface area (Å²) >= 11 is 2.99. The van der Waals surface area contributed by atoms with Gasteiger partial charge in [0.1, 0.15) is 6.61 Å². The van der Waals surface area contributed by atoms with Gasteiger partial charge < -0.3 is 10.4 Å². The van der Waals surface area contributed by atoms with Gasteiger partial charge in [-0.1, -0.05) is 11.8 Å². The van der Waals surface area contributed by atoms with Crippen LogP contribution in [0.4, 0.5) is 0 Å². The summed E-state index contributed by atoms with van der Waals surface area (Å²) in [5.74, 6) is 5.28. The average molecular weight is 291 g/mol. The Balaban J connectivity index is 1.84. The Morgan fingerprint density at radius 1 is 1.37 bits per heavy atom. The lowest BCUT2D eigenvalue weighted by molar-refractivity contribution is 0.0958. The Hall–Kier alpha value is -1.61. The lowest BCUT2D eigenvalue weighted by Crippen LogP contribution is -2.24. The van der Waals surface area contributed by atoms with Crippen LogP contribution in [0.1, 0.15) is 20.1 Å². The normalized spacial score (nSPS) is 9.74. The molecule has 0 fully saturated rings. The van der Waals surface area contributed by atoms with Crippen molar-refractivity contribution in [3.05, 3.63) is 44.3 Å². The number of amides is 1. The summed E-state index contributed by atoms with van der Waals surface area (Å²) in [7, 11) is 0. The van der Waals surface area contributed by atoms with Gasteiger partial charge in [0.05, 0.1) is 9.75 Å². The lowest BCUT2D eigenvalue weighted by Gasteiger charge is -2.01. The van der Waals surface area contributed by atoms with Gasteiger partial charge in [0.2, 0.25) is 0 Å². The summed E-state index contributed by atoms with van der Waals surface area (Å²) in [6.07, 6.45) is 0.845. The maximum absolute atomic E-state index is 11.9. The fourth-order valence-electron chi connectivity index (χ4n) is 1.50. The van der Waals surface area contributed by atoms with E-state index < -0.39 is 0 Å². The van der Waals surface area contributed by atoms with Crippen LogP contribution in [0.5, 0.6) is 0 Å². The second kappa shape index (κ2) is 7.10. The number of aliphatic hydroxyl groups excluding tert-OH is 1. The Labute approximate surface area is 119 Å². The first kappa shape index (κ1) is 13.8. The third kappa shape index (κ3) is 4.21. The second-order valence-corrected chi connectivity index (χ2v) is 5.63. The fourth-order valence-corrected chi connectivity index (χ4v) is 3.00. The molecular formula is C14H13NO2S2. The van der Waals surface area contributed by atoms with E-state index in [9.17, 15) is 4.79 Å². The molecule has 1 amide bonds. The first-order valence-corrected chi connectivity index (χ1v) is 7.54. The summed E-state index contributed by atoms with van der Waals surface area (Å²) in [5.41, 5.74) is 1.24. The Morgan fingerprint density at radius 2 is 2.26 bits per heavy atom. The zero-order chi connectivity index (χ0) is 13.5. The van der Waals surface area contributed by atoms with E-state index >= 15 is 0 Å². The maximum atomic E-state index is 11.9. The van der Waals surface area contributed by atoms with E-state index in [0.717, 1.165) is 11.3 Å². The Kier molecular flexibility index (Phi) is 5.16. The summed E-state index contributed by atoms with van der Waals surface area (Å²) in [6, 6.07) is 5.61. The molecule has 0 spiro atoms. The molecular weight excluding hydrogens is 278 g/mol. The monoisotopic (exact) mass is 291 g/mol. The van der Waals surface area contributed by atoms with Gasteiger partial charge in [0.15, 0.2) is 0 Å². The molecule has 2 heterocycles. The van der Waals surface area contributed by atoms with Gasteiger partial charge in [0.25, 0.3) is 5.91 Å². The minimum atomic E-state index is -0.167. The van der Waals surface area contributed by atoms with E-state index in [2.05, 4.69) is 28.6 Å². The summed E-state index contributed by atoms with van der Waals surface area (Å²) < 4.78 is 0. The summed E-state index contributed by atoms with van der Waals surface area (Å²) in [6.45, 7) is 0.463. The minimum Gasteiger partial charge on any atom is -0.384 e. The number of rotatable bonds is 4. The molecule has 0 bridgehead atoms. The van der Waals surface area contributed by atoms with Crippen LogP contribution < -0.4 is 5.32 Å². The molecule has 2 N–H and O–H groups in total. The molecule has 0 aliphatic rings. The molecule has 0 unspecified atom stereocenters. The van der Waals surface area contributed by atoms with Crippen LogP contribution in [-0.2, 0) is 6.42 Å². The molecule has 2 rings (SSSR count). The van der Waals surface area contributed by atoms with Gasteiger partial charge in [-0.25, -0.2) is 0 Å². The fraction of sp³-hybridized carbons (Fsp3) is 0.214. The van der Waals surface area contributed by atoms with Crippen LogP contribution in [0.3, 0.4) is 0 Å². The number of hydrogen-bond acceptors (Lipinski definition) is 4. The van der Waals surface area contributed by atoms with Gasteiger partial charge >= 0.3 is 0 Å². The highest BCUT2D eigenvalue weighted by molar-refractivity contribution is 7.14. The number of carbonyl (C=O) groups is 1. The molecule has 0 saturated heterocycles. The van der Waals surface area contributed by atoms with Crippen molar-refractivity contribution in [1.29, 1.82) is 0 Å². The van der Waals surface area contributed by atoms with Gasteiger partial charge in [-0.15, -0.1) is 11.3 Å². The molecule has 0 aliphatic carbocycles. The van der Waals surface area contributed by atoms with Crippen molar-refractivity contribution < 1.29 is 9.90 Å². The highest BCUT2D eigenvalue weighted by atomic mass is 32.1. The molecule has 98 valence electrons. The maximum Gasteiger partial charge on any atom is 0.261 e. The van der Waals surface area contributed by atoms with Gasteiger partial charge in [-0.3, -0.25) is 4.79 Å². The highest BCUT2D eigenvalue weighted by Gasteiger charge is 2.07. The van der Waals surface area contributed by atoms with Crippen molar-refractivity contribution in [1.82, 2.24) is 5.32 Å². The first-order valence-electron chi connectivity index (χ1n) is 5.78. The van der Waals surface area contributed by atoms with Gasteiger partial charge in [-0.2, -0.15) is 11.3 Å². The third-order valence-electron chi connectivity index (χ3n) is 2.40. The average Bonchev–Trinajstić information content (AvgIpc) is 3.07. The molecule has 0 radical (unpaired) electrons. The van der Waals surface area contributed by atoms with Crippen molar-refractivity contribution >= 4 is 28.6 Å². The van der Waals surface area contributed by atoms with Crippen LogP contribution in [0.2, 0.25) is 0 Å². The quantitative estimate of drug-likeness (QED) is 0.848. The topological polar surface area (TPSA) is 49.3 Å². The number of nitrogens with one attached hydrogen (secondary N) is 1. The van der Waals surface area contributed by atoms with Gasteiger partial charge in [0, 0.05) is 6.54 Å². The Morgan fingerprint density at radius 3 is 3.00 bits per heavy atom. The Bertz CT molecular complexity index is 590. The van der Waals surface area contributed by atoms with Crippen LogP contribution in [0.15, 0.2) is 29.0 Å². The van der Waals surface area contributed by atoms with Crippen LogP contribution >= 0.6 is 22.7 Å². The second-order valence-electron chi connectivity index (χ2n) is 3.76. The third-order valence-corrected chi connectivity index (χ3v) is 4.13. The molecule has 0 atom stereocenters. The zero-order valence-electron chi connectivity index (χ0n) is 10.2. The molecule has 3 nitrogen and oxygen atoms in total. The predicted octanol–water partition coefficient (Wildman–Crippen LogP) is 2.13. The van der Waals surface area contributed by atoms with E-state index in [1.165, 1.54) is 16.9 Å². The SMILES string of the molecule is O=C(NCCc1ccsc1)c1ccc(C#CCO)s1. The number of thiophene rings is 2. The number of hydrogen-bond donors (Lipinski definition) is 2. The van der Waals surface area contributed by atoms with E-state index in [1.54, 1.807) is 23.5 Å². The molecule has 2 aromatic rings. The van der Waals surface area contributed by atoms with Crippen molar-refractivity contribution in [2.45, 2.75) is 6.42 Å². The zero-order valence-corrected chi connectivity index (χ0v) is 11.8. The van der Waals surface area contributed by atoms with E-state index in [4.69, 9.17) is 5.11 Å². The van der Waals surface area contributed by atoms with Crippen molar-refractivity contribution in [3.63, 3.8) is 0 Å². The first-order chi connectivity index (χ1) is 9.29. The highest BCUT2D eigenvalue weighted by Crippen LogP contribution is 2.15. The van der Waals surface area contributed by atoms with E-state index in [-0.39, 0.29) is 12.5 Å². The summed E-state index contributed by atoms with van der Waals surface area (Å²) in [4.78, 5) is 13.3. The standard InChI is InChI=1S/C14H13NO2S2/c16-8-1-2-12-3-4-13(19-12)14(17)15-7-5-11-6-9-18-10-11/h3-4,6,9-10,16H,5,7-8H2,(H,15,17). The van der Waals surface area contributed by atoms with Gasteiger partial charge in [-0.05, 0) is 40.9 Å². The molecule has 0 aliphatic heterocycles. The van der Waals surface area contributed by atoms with Crippen molar-refractivity contribution in [2.24, 2.45) is 0 Å². The van der Waals surface area contributed by atoms with Crippen LogP contribution in [0, 0.1) is 11.8 Å². The minimum absolute atomic E-state index is 0.0720. The largest absolute Gasteiger partial charge is 0.384 e. The molecule has 2 aromatic heterocycles. The van der Waals surface area contributed by atoms with Crippen molar-refractivity contribution in [2.75, 3.05) is 13.2 Å². The summed E-state index contributed by atoms with van der Waals surface area (Å²) in [5, 5.41) is 15.6. The van der Waals surface area contributed by atoms with Crippen LogP contribution in [-0.4, -0.2) is 24.2 Å². The van der Waals surface area contributed by atoms with Crippen molar-refractivity contribution in [3.8, 4) is 11.8 Å².